The molecule has 0 spiro atoms. The van der Waals surface area contributed by atoms with Crippen molar-refractivity contribution in [2.75, 3.05) is 10.5 Å². The zero-order chi connectivity index (χ0) is 22.0. The summed E-state index contributed by atoms with van der Waals surface area (Å²) < 4.78 is 30.9. The number of anilines is 1. The Kier molecular flexibility index (Phi) is 6.43. The molecule has 1 N–H and O–H groups in total. The average molecular weight is 491 g/mol. The molecule has 0 saturated heterocycles. The van der Waals surface area contributed by atoms with Crippen molar-refractivity contribution in [1.82, 2.24) is 4.57 Å². The summed E-state index contributed by atoms with van der Waals surface area (Å²) in [6.07, 6.45) is 0. The first-order chi connectivity index (χ1) is 14.9. The van der Waals surface area contributed by atoms with Gasteiger partial charge in [0.25, 0.3) is 10.0 Å². The topological polar surface area (TPSA) is 68.2 Å². The van der Waals surface area contributed by atoms with Crippen LogP contribution in [-0.4, -0.2) is 18.7 Å². The van der Waals surface area contributed by atoms with Crippen LogP contribution in [0.3, 0.4) is 0 Å². The van der Waals surface area contributed by atoms with E-state index in [-0.39, 0.29) is 9.77 Å². The number of hydrogen-bond acceptors (Lipinski definition) is 5. The van der Waals surface area contributed by atoms with Gasteiger partial charge in [0.2, 0.25) is 0 Å². The van der Waals surface area contributed by atoms with Crippen molar-refractivity contribution in [3.05, 3.63) is 87.0 Å². The minimum Gasteiger partial charge on any atom is -0.294 e. The van der Waals surface area contributed by atoms with E-state index in [1.54, 1.807) is 52.7 Å². The van der Waals surface area contributed by atoms with Crippen molar-refractivity contribution in [3.63, 3.8) is 0 Å². The normalized spacial score (nSPS) is 11.7. The maximum Gasteiger partial charge on any atom is 0.308 e. The van der Waals surface area contributed by atoms with Gasteiger partial charge in [0, 0.05) is 9.92 Å². The highest BCUT2D eigenvalue weighted by molar-refractivity contribution is 7.99. The summed E-state index contributed by atoms with van der Waals surface area (Å²) in [6, 6.07) is 19.4. The zero-order valence-corrected chi connectivity index (χ0v) is 19.7. The third kappa shape index (κ3) is 4.82. The molecular formula is C22H19ClN2O3S3. The Balaban J connectivity index is 1.66. The number of para-hydroxylation sites is 1. The molecule has 4 aromatic rings. The van der Waals surface area contributed by atoms with E-state index in [1.165, 1.54) is 6.07 Å². The van der Waals surface area contributed by atoms with E-state index in [0.717, 1.165) is 27.5 Å². The van der Waals surface area contributed by atoms with Crippen molar-refractivity contribution in [2.45, 2.75) is 23.3 Å². The van der Waals surface area contributed by atoms with Gasteiger partial charge in [-0.1, -0.05) is 54.1 Å². The van der Waals surface area contributed by atoms with Crippen molar-refractivity contribution in [3.8, 4) is 0 Å². The minimum absolute atomic E-state index is 0.121. The highest BCUT2D eigenvalue weighted by Gasteiger charge is 2.18. The maximum absolute atomic E-state index is 13.0. The van der Waals surface area contributed by atoms with Gasteiger partial charge in [-0.2, -0.15) is 0 Å². The molecule has 0 radical (unpaired) electrons. The first-order valence-electron chi connectivity index (χ1n) is 9.50. The van der Waals surface area contributed by atoms with Crippen LogP contribution in [-0.2, 0) is 16.6 Å². The molecule has 0 unspecified atom stereocenters. The number of rotatable bonds is 7. The summed E-state index contributed by atoms with van der Waals surface area (Å²) in [5.74, 6) is 0.833. The lowest BCUT2D eigenvalue weighted by atomic mass is 10.2. The number of thioether (sulfide) groups is 1. The quantitative estimate of drug-likeness (QED) is 0.338. The summed E-state index contributed by atoms with van der Waals surface area (Å²) in [5.41, 5.74) is 2.18. The highest BCUT2D eigenvalue weighted by Crippen LogP contribution is 2.30. The van der Waals surface area contributed by atoms with E-state index in [2.05, 4.69) is 4.72 Å². The fourth-order valence-corrected chi connectivity index (χ4v) is 6.23. The Morgan fingerprint density at radius 2 is 1.81 bits per heavy atom. The van der Waals surface area contributed by atoms with Gasteiger partial charge in [-0.25, -0.2) is 8.42 Å². The van der Waals surface area contributed by atoms with E-state index in [9.17, 15) is 13.2 Å². The van der Waals surface area contributed by atoms with Gasteiger partial charge in [-0.15, -0.1) is 11.8 Å². The van der Waals surface area contributed by atoms with Crippen LogP contribution in [0.2, 0.25) is 5.02 Å². The predicted molar refractivity (Wildman–Crippen MR) is 130 cm³/mol. The molecule has 31 heavy (non-hydrogen) atoms. The first-order valence-corrected chi connectivity index (χ1v) is 13.2. The van der Waals surface area contributed by atoms with Crippen molar-refractivity contribution in [2.24, 2.45) is 0 Å². The smallest absolute Gasteiger partial charge is 0.294 e. The maximum atomic E-state index is 13.0. The van der Waals surface area contributed by atoms with Crippen LogP contribution in [0, 0.1) is 0 Å². The third-order valence-corrected chi connectivity index (χ3v) is 8.15. The SMILES string of the molecule is CCSc1ccccc1NS(=O)(=O)c1ccc2c(c1)sc(=O)n2Cc1ccc(Cl)cc1. The predicted octanol–water partition coefficient (Wildman–Crippen LogP) is 5.68. The molecule has 9 heteroatoms. The van der Waals surface area contributed by atoms with E-state index in [1.807, 2.05) is 31.2 Å². The first kappa shape index (κ1) is 22.0. The van der Waals surface area contributed by atoms with Crippen molar-refractivity contribution >= 4 is 60.6 Å². The number of hydrogen-bond donors (Lipinski definition) is 1. The molecule has 1 aromatic heterocycles. The second-order valence-corrected chi connectivity index (χ2v) is 11.2. The Bertz CT molecular complexity index is 1390. The second kappa shape index (κ2) is 9.08. The molecule has 0 bridgehead atoms. The molecule has 160 valence electrons. The van der Waals surface area contributed by atoms with Gasteiger partial charge in [-0.3, -0.25) is 14.1 Å². The molecule has 0 amide bonds. The summed E-state index contributed by atoms with van der Waals surface area (Å²) >= 11 is 8.54. The second-order valence-electron chi connectivity index (χ2n) is 6.74. The summed E-state index contributed by atoms with van der Waals surface area (Å²) in [6.45, 7) is 2.41. The Hall–Kier alpha value is -2.26. The summed E-state index contributed by atoms with van der Waals surface area (Å²) in [4.78, 5) is 13.4. The fraction of sp³-hybridized carbons (Fsp3) is 0.136. The van der Waals surface area contributed by atoms with Gasteiger partial charge in [0.15, 0.2) is 0 Å². The van der Waals surface area contributed by atoms with Crippen LogP contribution in [0.25, 0.3) is 10.2 Å². The molecule has 0 aliphatic carbocycles. The van der Waals surface area contributed by atoms with Crippen LogP contribution in [0.5, 0.6) is 0 Å². The van der Waals surface area contributed by atoms with Gasteiger partial charge in [-0.05, 0) is 53.8 Å². The van der Waals surface area contributed by atoms with E-state index in [4.69, 9.17) is 11.6 Å². The van der Waals surface area contributed by atoms with E-state index < -0.39 is 10.0 Å². The van der Waals surface area contributed by atoms with Gasteiger partial charge in [0.05, 0.1) is 27.3 Å². The molecule has 0 fully saturated rings. The van der Waals surface area contributed by atoms with Crippen molar-refractivity contribution < 1.29 is 8.42 Å². The highest BCUT2D eigenvalue weighted by atomic mass is 35.5. The molecule has 0 aliphatic rings. The van der Waals surface area contributed by atoms with Gasteiger partial charge >= 0.3 is 4.87 Å². The van der Waals surface area contributed by atoms with Crippen LogP contribution < -0.4 is 9.60 Å². The summed E-state index contributed by atoms with van der Waals surface area (Å²) in [5, 5.41) is 0.632. The standard InChI is InChI=1S/C22H19ClN2O3S3/c1-2-29-20-6-4-3-5-18(20)24-31(27,28)17-11-12-19-21(13-17)30-22(26)25(19)14-15-7-9-16(23)10-8-15/h3-13,24H,2,14H2,1H3. The van der Waals surface area contributed by atoms with Crippen molar-refractivity contribution in [1.29, 1.82) is 0 Å². The van der Waals surface area contributed by atoms with Crippen LogP contribution in [0.1, 0.15) is 12.5 Å². The minimum atomic E-state index is -3.80. The molecular weight excluding hydrogens is 472 g/mol. The molecule has 1 heterocycles. The van der Waals surface area contributed by atoms with Crippen LogP contribution in [0.4, 0.5) is 5.69 Å². The molecule has 0 aliphatic heterocycles. The largest absolute Gasteiger partial charge is 0.308 e. The third-order valence-electron chi connectivity index (χ3n) is 4.64. The molecule has 0 saturated carbocycles. The van der Waals surface area contributed by atoms with E-state index >= 15 is 0 Å². The number of fused-ring (bicyclic) bond motifs is 1. The average Bonchev–Trinajstić information content (AvgIpc) is 3.05. The lowest BCUT2D eigenvalue weighted by molar-refractivity contribution is 0.601. The van der Waals surface area contributed by atoms with Crippen LogP contribution in [0.15, 0.2) is 81.3 Å². The number of nitrogens with zero attached hydrogens (tertiary/aromatic N) is 1. The Morgan fingerprint density at radius 1 is 1.06 bits per heavy atom. The Morgan fingerprint density at radius 3 is 2.55 bits per heavy atom. The number of thiazole rings is 1. The van der Waals surface area contributed by atoms with Gasteiger partial charge in [0.1, 0.15) is 0 Å². The molecule has 3 aromatic carbocycles. The monoisotopic (exact) mass is 490 g/mol. The molecule has 0 atom stereocenters. The number of nitrogens with one attached hydrogen (secondary N) is 1. The fourth-order valence-electron chi connectivity index (χ4n) is 3.17. The number of sulfonamides is 1. The number of benzene rings is 3. The lowest BCUT2D eigenvalue weighted by Gasteiger charge is -2.12. The zero-order valence-electron chi connectivity index (χ0n) is 16.5. The number of aromatic nitrogens is 1. The molecule has 5 nitrogen and oxygen atoms in total. The van der Waals surface area contributed by atoms with Gasteiger partial charge < -0.3 is 0 Å². The van der Waals surface area contributed by atoms with Crippen LogP contribution >= 0.6 is 34.7 Å². The van der Waals surface area contributed by atoms with E-state index in [0.29, 0.717) is 27.5 Å². The Labute approximate surface area is 193 Å². The molecule has 4 rings (SSSR count). The lowest BCUT2D eigenvalue weighted by Crippen LogP contribution is -2.14. The number of halogens is 1. The summed E-state index contributed by atoms with van der Waals surface area (Å²) in [7, 11) is -3.80.